The lowest BCUT2D eigenvalue weighted by Crippen LogP contribution is -2.45. The Morgan fingerprint density at radius 3 is 2.68 bits per heavy atom. The van der Waals surface area contributed by atoms with Crippen LogP contribution in [0.5, 0.6) is 0 Å². The van der Waals surface area contributed by atoms with E-state index in [1.807, 2.05) is 44.4 Å². The highest BCUT2D eigenvalue weighted by molar-refractivity contribution is 7.14. The summed E-state index contributed by atoms with van der Waals surface area (Å²) in [6.45, 7) is 7.16. The molecule has 6 nitrogen and oxygen atoms in total. The lowest BCUT2D eigenvalue weighted by Gasteiger charge is -2.33. The molecule has 0 aliphatic rings. The zero-order valence-corrected chi connectivity index (χ0v) is 15.8. The van der Waals surface area contributed by atoms with Crippen LogP contribution in [-0.2, 0) is 0 Å². The zero-order valence-electron chi connectivity index (χ0n) is 15.0. The topological polar surface area (TPSA) is 78.3 Å². The second kappa shape index (κ2) is 8.80. The Balaban J connectivity index is 1.68. The Bertz CT molecular complexity index is 667. The molecular formula is C18H26N4O2S. The summed E-state index contributed by atoms with van der Waals surface area (Å²) < 4.78 is 0. The van der Waals surface area contributed by atoms with Gasteiger partial charge < -0.3 is 15.3 Å². The summed E-state index contributed by atoms with van der Waals surface area (Å²) in [6.07, 6.45) is 3.74. The molecule has 0 spiro atoms. The first kappa shape index (κ1) is 19.2. The van der Waals surface area contributed by atoms with Crippen molar-refractivity contribution in [3.63, 3.8) is 0 Å². The van der Waals surface area contributed by atoms with Crippen LogP contribution in [0.1, 0.15) is 40.0 Å². The molecule has 2 heterocycles. The minimum atomic E-state index is -0.851. The van der Waals surface area contributed by atoms with Crippen LogP contribution in [-0.4, -0.2) is 44.7 Å². The van der Waals surface area contributed by atoms with Crippen LogP contribution in [0.15, 0.2) is 29.8 Å². The van der Waals surface area contributed by atoms with E-state index < -0.39 is 6.09 Å². The summed E-state index contributed by atoms with van der Waals surface area (Å²) in [5.41, 5.74) is 1.41. The Labute approximate surface area is 152 Å². The minimum absolute atomic E-state index is 0.354. The molecule has 0 bridgehead atoms. The smallest absolute Gasteiger partial charge is 0.407 e. The van der Waals surface area contributed by atoms with Gasteiger partial charge in [-0.2, -0.15) is 0 Å². The third kappa shape index (κ3) is 6.01. The molecule has 7 heteroatoms. The van der Waals surface area contributed by atoms with Gasteiger partial charge in [-0.1, -0.05) is 6.07 Å². The monoisotopic (exact) mass is 362 g/mol. The van der Waals surface area contributed by atoms with Crippen LogP contribution in [0.25, 0.3) is 11.4 Å². The number of rotatable bonds is 8. The second-order valence-electron chi connectivity index (χ2n) is 6.85. The van der Waals surface area contributed by atoms with Gasteiger partial charge in [-0.15, -0.1) is 11.3 Å². The lowest BCUT2D eigenvalue weighted by atomic mass is 10.1. The fourth-order valence-electron chi connectivity index (χ4n) is 2.47. The van der Waals surface area contributed by atoms with Gasteiger partial charge in [0.2, 0.25) is 0 Å². The summed E-state index contributed by atoms with van der Waals surface area (Å²) in [7, 11) is 0. The molecule has 2 N–H and O–H groups in total. The first-order chi connectivity index (χ1) is 11.9. The highest BCUT2D eigenvalue weighted by Crippen LogP contribution is 2.23. The number of amides is 1. The molecule has 0 aliphatic heterocycles. The van der Waals surface area contributed by atoms with Crippen molar-refractivity contribution >= 4 is 22.6 Å². The maximum absolute atomic E-state index is 11.3. The van der Waals surface area contributed by atoms with Crippen LogP contribution in [0, 0.1) is 0 Å². The van der Waals surface area contributed by atoms with E-state index >= 15 is 0 Å². The fraction of sp³-hybridized carbons (Fsp3) is 0.500. The van der Waals surface area contributed by atoms with E-state index in [4.69, 9.17) is 0 Å². The molecule has 0 saturated heterocycles. The van der Waals surface area contributed by atoms with Gasteiger partial charge in [0, 0.05) is 30.2 Å². The molecule has 0 aliphatic carbocycles. The van der Waals surface area contributed by atoms with Gasteiger partial charge >= 0.3 is 6.09 Å². The Kier molecular flexibility index (Phi) is 6.75. The third-order valence-electron chi connectivity index (χ3n) is 3.81. The third-order valence-corrected chi connectivity index (χ3v) is 4.61. The highest BCUT2D eigenvalue weighted by Gasteiger charge is 2.25. The number of pyridine rings is 1. The fourth-order valence-corrected chi connectivity index (χ4v) is 3.21. The molecule has 0 radical (unpaired) electrons. The molecule has 25 heavy (non-hydrogen) atoms. The van der Waals surface area contributed by atoms with Gasteiger partial charge in [0.1, 0.15) is 5.69 Å². The number of unbranched alkanes of at least 4 members (excludes halogenated alkanes) is 2. The van der Waals surface area contributed by atoms with Crippen LogP contribution < -0.4 is 5.32 Å². The number of thiazole rings is 1. The summed E-state index contributed by atoms with van der Waals surface area (Å²) in [5.74, 6) is 0. The van der Waals surface area contributed by atoms with Gasteiger partial charge in [0.25, 0.3) is 0 Å². The van der Waals surface area contributed by atoms with Crippen molar-refractivity contribution in [1.82, 2.24) is 14.9 Å². The zero-order chi connectivity index (χ0) is 18.3. The van der Waals surface area contributed by atoms with E-state index in [0.717, 1.165) is 42.3 Å². The SMILES string of the molecule is CC(C)(C)N(CCCCCNc1nc(-c2ccccn2)cs1)C(=O)O. The van der Waals surface area contributed by atoms with Crippen molar-refractivity contribution in [3.8, 4) is 11.4 Å². The first-order valence-corrected chi connectivity index (χ1v) is 9.37. The van der Waals surface area contributed by atoms with E-state index in [9.17, 15) is 9.90 Å². The lowest BCUT2D eigenvalue weighted by molar-refractivity contribution is 0.0991. The number of nitrogens with one attached hydrogen (secondary N) is 1. The Morgan fingerprint density at radius 2 is 2.04 bits per heavy atom. The van der Waals surface area contributed by atoms with Crippen LogP contribution in [0.4, 0.5) is 9.93 Å². The summed E-state index contributed by atoms with van der Waals surface area (Å²) in [5, 5.41) is 15.5. The van der Waals surface area contributed by atoms with Crippen molar-refractivity contribution in [3.05, 3.63) is 29.8 Å². The number of anilines is 1. The second-order valence-corrected chi connectivity index (χ2v) is 7.70. The standard InChI is InChI=1S/C18H26N4O2S/c1-18(2,3)22(17(23)24)12-8-4-6-11-20-16-21-15(13-25-16)14-9-5-7-10-19-14/h5,7,9-10,13H,4,6,8,11-12H2,1-3H3,(H,20,21)(H,23,24). The number of carboxylic acid groups (broad SMARTS) is 1. The maximum atomic E-state index is 11.3. The molecule has 2 rings (SSSR count). The van der Waals surface area contributed by atoms with E-state index in [-0.39, 0.29) is 5.54 Å². The van der Waals surface area contributed by atoms with E-state index in [2.05, 4.69) is 15.3 Å². The molecule has 1 amide bonds. The van der Waals surface area contributed by atoms with E-state index in [1.165, 1.54) is 4.90 Å². The molecule has 0 aromatic carbocycles. The Hall–Kier alpha value is -2.15. The highest BCUT2D eigenvalue weighted by atomic mass is 32.1. The summed E-state index contributed by atoms with van der Waals surface area (Å²) >= 11 is 1.57. The molecule has 2 aromatic rings. The molecular weight excluding hydrogens is 336 g/mol. The number of hydrogen-bond acceptors (Lipinski definition) is 5. The number of aromatic nitrogens is 2. The molecule has 136 valence electrons. The molecule has 0 fully saturated rings. The van der Waals surface area contributed by atoms with E-state index in [0.29, 0.717) is 6.54 Å². The molecule has 2 aromatic heterocycles. The van der Waals surface area contributed by atoms with Gasteiger partial charge in [-0.25, -0.2) is 9.78 Å². The van der Waals surface area contributed by atoms with Crippen molar-refractivity contribution in [2.45, 2.75) is 45.6 Å². The maximum Gasteiger partial charge on any atom is 0.407 e. The van der Waals surface area contributed by atoms with E-state index in [1.54, 1.807) is 17.5 Å². The van der Waals surface area contributed by atoms with Gasteiger partial charge in [-0.05, 0) is 52.2 Å². The van der Waals surface area contributed by atoms with Crippen molar-refractivity contribution in [2.24, 2.45) is 0 Å². The largest absolute Gasteiger partial charge is 0.465 e. The number of hydrogen-bond donors (Lipinski definition) is 2. The van der Waals surface area contributed by atoms with Crippen molar-refractivity contribution in [2.75, 3.05) is 18.4 Å². The predicted octanol–water partition coefficient (Wildman–Crippen LogP) is 4.57. The van der Waals surface area contributed by atoms with Crippen LogP contribution in [0.3, 0.4) is 0 Å². The number of nitrogens with zero attached hydrogens (tertiary/aromatic N) is 3. The Morgan fingerprint density at radius 1 is 1.24 bits per heavy atom. The quantitative estimate of drug-likeness (QED) is 0.673. The normalized spacial score (nSPS) is 11.3. The summed E-state index contributed by atoms with van der Waals surface area (Å²) in [6, 6.07) is 5.79. The minimum Gasteiger partial charge on any atom is -0.465 e. The summed E-state index contributed by atoms with van der Waals surface area (Å²) in [4.78, 5) is 21.6. The van der Waals surface area contributed by atoms with Gasteiger partial charge in [-0.3, -0.25) is 4.98 Å². The average Bonchev–Trinajstić information content (AvgIpc) is 3.02. The van der Waals surface area contributed by atoms with Crippen molar-refractivity contribution < 1.29 is 9.90 Å². The average molecular weight is 362 g/mol. The van der Waals surface area contributed by atoms with Crippen molar-refractivity contribution in [1.29, 1.82) is 0 Å². The van der Waals surface area contributed by atoms with Gasteiger partial charge in [0.05, 0.1) is 5.69 Å². The first-order valence-electron chi connectivity index (χ1n) is 8.49. The predicted molar refractivity (Wildman–Crippen MR) is 102 cm³/mol. The van der Waals surface area contributed by atoms with Crippen LogP contribution in [0.2, 0.25) is 0 Å². The molecule has 0 saturated carbocycles. The number of carbonyl (C=O) groups is 1. The van der Waals surface area contributed by atoms with Crippen LogP contribution >= 0.6 is 11.3 Å². The molecule has 0 atom stereocenters. The van der Waals surface area contributed by atoms with Gasteiger partial charge in [0.15, 0.2) is 5.13 Å². The molecule has 0 unspecified atom stereocenters.